The minimum absolute atomic E-state index is 0.269. The first-order chi connectivity index (χ1) is 12.4. The average Bonchev–Trinajstić information content (AvgIpc) is 2.63. The molecule has 2 aromatic carbocycles. The Morgan fingerprint density at radius 2 is 1.62 bits per heavy atom. The molecule has 5 nitrogen and oxygen atoms in total. The smallest absolute Gasteiger partial charge is 0.243 e. The number of amides is 1. The van der Waals surface area contributed by atoms with Gasteiger partial charge in [-0.3, -0.25) is 9.10 Å². The van der Waals surface area contributed by atoms with Gasteiger partial charge in [-0.1, -0.05) is 55.5 Å². The molecule has 140 valence electrons. The van der Waals surface area contributed by atoms with Gasteiger partial charge in [-0.25, -0.2) is 8.42 Å². The summed E-state index contributed by atoms with van der Waals surface area (Å²) in [4.78, 5) is 12.6. The predicted octanol–water partition coefficient (Wildman–Crippen LogP) is 2.98. The van der Waals surface area contributed by atoms with Crippen molar-refractivity contribution < 1.29 is 13.2 Å². The molecule has 0 fully saturated rings. The SMILES string of the molecule is CC[C@H](C(=O)NCCCc1ccccc1)N(c1ccccc1)S(C)(=O)=O. The van der Waals surface area contributed by atoms with Crippen molar-refractivity contribution in [3.05, 3.63) is 66.2 Å². The summed E-state index contributed by atoms with van der Waals surface area (Å²) in [6.07, 6.45) is 3.20. The lowest BCUT2D eigenvalue weighted by Gasteiger charge is -2.30. The number of benzene rings is 2. The molecule has 1 atom stereocenters. The van der Waals surface area contributed by atoms with E-state index in [9.17, 15) is 13.2 Å². The lowest BCUT2D eigenvalue weighted by molar-refractivity contribution is -0.122. The second kappa shape index (κ2) is 9.38. The maximum Gasteiger partial charge on any atom is 0.243 e. The van der Waals surface area contributed by atoms with Crippen LogP contribution in [-0.4, -0.2) is 33.2 Å². The number of anilines is 1. The molecule has 2 rings (SSSR count). The first-order valence-electron chi connectivity index (χ1n) is 8.79. The van der Waals surface area contributed by atoms with Crippen molar-refractivity contribution in [3.8, 4) is 0 Å². The van der Waals surface area contributed by atoms with Crippen molar-refractivity contribution in [2.45, 2.75) is 32.2 Å². The molecule has 0 saturated heterocycles. The number of nitrogens with one attached hydrogen (secondary N) is 1. The first-order valence-corrected chi connectivity index (χ1v) is 10.6. The zero-order valence-electron chi connectivity index (χ0n) is 15.3. The summed E-state index contributed by atoms with van der Waals surface area (Å²) in [6.45, 7) is 2.33. The van der Waals surface area contributed by atoms with Gasteiger partial charge in [0.05, 0.1) is 11.9 Å². The molecule has 0 spiro atoms. The van der Waals surface area contributed by atoms with Crippen LogP contribution in [0.25, 0.3) is 0 Å². The largest absolute Gasteiger partial charge is 0.354 e. The van der Waals surface area contributed by atoms with Gasteiger partial charge in [0.25, 0.3) is 0 Å². The monoisotopic (exact) mass is 374 g/mol. The van der Waals surface area contributed by atoms with Crippen molar-refractivity contribution in [2.24, 2.45) is 0 Å². The van der Waals surface area contributed by atoms with Gasteiger partial charge in [-0.05, 0) is 37.0 Å². The Labute approximate surface area is 156 Å². The highest BCUT2D eigenvalue weighted by Gasteiger charge is 2.31. The van der Waals surface area contributed by atoms with Crippen LogP contribution in [0.2, 0.25) is 0 Å². The molecule has 0 aliphatic heterocycles. The molecule has 0 aliphatic rings. The van der Waals surface area contributed by atoms with E-state index in [4.69, 9.17) is 0 Å². The van der Waals surface area contributed by atoms with Gasteiger partial charge in [0.15, 0.2) is 0 Å². The Morgan fingerprint density at radius 3 is 2.15 bits per heavy atom. The summed E-state index contributed by atoms with van der Waals surface area (Å²) in [5, 5.41) is 2.88. The molecule has 0 heterocycles. The minimum Gasteiger partial charge on any atom is -0.354 e. The Hall–Kier alpha value is -2.34. The second-order valence-corrected chi connectivity index (χ2v) is 8.06. The summed E-state index contributed by atoms with van der Waals surface area (Å²) in [6, 6.07) is 18.0. The van der Waals surface area contributed by atoms with Gasteiger partial charge < -0.3 is 5.32 Å². The molecule has 0 unspecified atom stereocenters. The van der Waals surface area contributed by atoms with E-state index < -0.39 is 16.1 Å². The van der Waals surface area contributed by atoms with Crippen LogP contribution in [0, 0.1) is 0 Å². The highest BCUT2D eigenvalue weighted by atomic mass is 32.2. The molecule has 26 heavy (non-hydrogen) atoms. The Bertz CT molecular complexity index is 792. The van der Waals surface area contributed by atoms with E-state index in [1.54, 1.807) is 24.3 Å². The Kier molecular flexibility index (Phi) is 7.21. The predicted molar refractivity (Wildman–Crippen MR) is 106 cm³/mol. The standard InChI is InChI=1S/C20H26N2O3S/c1-3-19(22(26(2,24)25)18-14-8-5-9-15-18)20(23)21-16-10-13-17-11-6-4-7-12-17/h4-9,11-12,14-15,19H,3,10,13,16H2,1-2H3,(H,21,23)/t19-/m1/s1. The van der Waals surface area contributed by atoms with E-state index in [0.29, 0.717) is 18.7 Å². The summed E-state index contributed by atoms with van der Waals surface area (Å²) in [5.74, 6) is -0.269. The molecule has 1 amide bonds. The molecule has 0 bridgehead atoms. The lowest BCUT2D eigenvalue weighted by atomic mass is 10.1. The number of carbonyl (C=O) groups excluding carboxylic acids is 1. The van der Waals surface area contributed by atoms with Crippen molar-refractivity contribution in [1.29, 1.82) is 0 Å². The van der Waals surface area contributed by atoms with Crippen LogP contribution >= 0.6 is 0 Å². The van der Waals surface area contributed by atoms with Crippen LogP contribution in [0.3, 0.4) is 0 Å². The summed E-state index contributed by atoms with van der Waals surface area (Å²) >= 11 is 0. The van der Waals surface area contributed by atoms with Crippen molar-refractivity contribution in [1.82, 2.24) is 5.32 Å². The van der Waals surface area contributed by atoms with E-state index >= 15 is 0 Å². The van der Waals surface area contributed by atoms with E-state index in [1.165, 1.54) is 9.87 Å². The molecule has 1 N–H and O–H groups in total. The number of hydrogen-bond donors (Lipinski definition) is 1. The van der Waals surface area contributed by atoms with Crippen LogP contribution in [0.5, 0.6) is 0 Å². The first kappa shape index (κ1) is 20.0. The molecule has 0 aliphatic carbocycles. The highest BCUT2D eigenvalue weighted by molar-refractivity contribution is 7.92. The number of sulfonamides is 1. The fourth-order valence-corrected chi connectivity index (χ4v) is 4.11. The number of carbonyl (C=O) groups is 1. The topological polar surface area (TPSA) is 66.5 Å². The summed E-state index contributed by atoms with van der Waals surface area (Å²) in [7, 11) is -3.58. The third kappa shape index (κ3) is 5.59. The fourth-order valence-electron chi connectivity index (χ4n) is 2.90. The normalized spacial score (nSPS) is 12.4. The molecule has 6 heteroatoms. The minimum atomic E-state index is -3.58. The quantitative estimate of drug-likeness (QED) is 0.686. The fraction of sp³-hybridized carbons (Fsp3) is 0.350. The summed E-state index contributed by atoms with van der Waals surface area (Å²) < 4.78 is 25.8. The third-order valence-electron chi connectivity index (χ3n) is 4.12. The van der Waals surface area contributed by atoms with Crippen LogP contribution in [0.1, 0.15) is 25.3 Å². The van der Waals surface area contributed by atoms with E-state index in [1.807, 2.05) is 31.2 Å². The van der Waals surface area contributed by atoms with Gasteiger partial charge >= 0.3 is 0 Å². The molecular weight excluding hydrogens is 348 g/mol. The molecule has 2 aromatic rings. The van der Waals surface area contributed by atoms with Crippen LogP contribution in [-0.2, 0) is 21.2 Å². The molecule has 0 aromatic heterocycles. The maximum atomic E-state index is 12.6. The number of nitrogens with zero attached hydrogens (tertiary/aromatic N) is 1. The van der Waals surface area contributed by atoms with E-state index in [0.717, 1.165) is 19.1 Å². The highest BCUT2D eigenvalue weighted by Crippen LogP contribution is 2.21. The van der Waals surface area contributed by atoms with Gasteiger partial charge in [0.1, 0.15) is 6.04 Å². The number of para-hydroxylation sites is 1. The van der Waals surface area contributed by atoms with Crippen LogP contribution in [0.4, 0.5) is 5.69 Å². The molecule has 0 saturated carbocycles. The maximum absolute atomic E-state index is 12.6. The molecule has 0 radical (unpaired) electrons. The Morgan fingerprint density at radius 1 is 1.04 bits per heavy atom. The zero-order valence-corrected chi connectivity index (χ0v) is 16.1. The van der Waals surface area contributed by atoms with Gasteiger partial charge in [-0.2, -0.15) is 0 Å². The number of rotatable bonds is 9. The molecular formula is C20H26N2O3S. The van der Waals surface area contributed by atoms with Crippen molar-refractivity contribution in [3.63, 3.8) is 0 Å². The van der Waals surface area contributed by atoms with Gasteiger partial charge in [0.2, 0.25) is 15.9 Å². The second-order valence-electron chi connectivity index (χ2n) is 6.20. The van der Waals surface area contributed by atoms with Gasteiger partial charge in [0, 0.05) is 6.54 Å². The number of aryl methyl sites for hydroxylation is 1. The third-order valence-corrected chi connectivity index (χ3v) is 5.30. The zero-order chi connectivity index (χ0) is 19.0. The summed E-state index contributed by atoms with van der Waals surface area (Å²) in [5.41, 5.74) is 1.72. The Balaban J connectivity index is 2.01. The number of hydrogen-bond acceptors (Lipinski definition) is 3. The van der Waals surface area contributed by atoms with Crippen LogP contribution < -0.4 is 9.62 Å². The van der Waals surface area contributed by atoms with Crippen LogP contribution in [0.15, 0.2) is 60.7 Å². The van der Waals surface area contributed by atoms with Gasteiger partial charge in [-0.15, -0.1) is 0 Å². The van der Waals surface area contributed by atoms with E-state index in [2.05, 4.69) is 17.4 Å². The average molecular weight is 375 g/mol. The van der Waals surface area contributed by atoms with E-state index in [-0.39, 0.29) is 5.91 Å². The van der Waals surface area contributed by atoms with Crippen molar-refractivity contribution in [2.75, 3.05) is 17.1 Å². The van der Waals surface area contributed by atoms with Crippen molar-refractivity contribution >= 4 is 21.6 Å². The lowest BCUT2D eigenvalue weighted by Crippen LogP contribution is -2.49.